The van der Waals surface area contributed by atoms with Crippen molar-refractivity contribution in [2.45, 2.75) is 91.6 Å². The maximum Gasteiger partial charge on any atom is 0.145 e. The van der Waals surface area contributed by atoms with Gasteiger partial charge in [0.15, 0.2) is 0 Å². The highest BCUT2D eigenvalue weighted by Crippen LogP contribution is 2.39. The first-order chi connectivity index (χ1) is 19.3. The van der Waals surface area contributed by atoms with Crippen molar-refractivity contribution in [3.8, 4) is 0 Å². The van der Waals surface area contributed by atoms with Crippen LogP contribution in [0.3, 0.4) is 0 Å². The second-order valence-corrected chi connectivity index (χ2v) is 12.7. The van der Waals surface area contributed by atoms with Crippen molar-refractivity contribution < 1.29 is 9.47 Å². The second-order valence-electron chi connectivity index (χ2n) is 12.7. The molecular weight excluding hydrogens is 498 g/mol. The lowest BCUT2D eigenvalue weighted by Crippen LogP contribution is -2.37. The average Bonchev–Trinajstić information content (AvgIpc) is 2.94. The number of fused-ring (bicyclic) bond motifs is 1. The summed E-state index contributed by atoms with van der Waals surface area (Å²) in [5.74, 6) is 2.72. The van der Waals surface area contributed by atoms with Gasteiger partial charge < -0.3 is 19.7 Å². The van der Waals surface area contributed by atoms with Crippen LogP contribution in [0.15, 0.2) is 24.3 Å². The van der Waals surface area contributed by atoms with E-state index < -0.39 is 0 Å². The first kappa shape index (κ1) is 32.7. The van der Waals surface area contributed by atoms with Crippen molar-refractivity contribution in [3.05, 3.63) is 30.1 Å². The summed E-state index contributed by atoms with van der Waals surface area (Å²) in [6.45, 7) is 16.1. The molecular formula is C33H57N5O2. The number of ether oxygens (including phenoxy) is 2. The molecule has 0 aliphatic heterocycles. The van der Waals surface area contributed by atoms with Gasteiger partial charge in [0.25, 0.3) is 0 Å². The number of hydrogen-bond acceptors (Lipinski definition) is 7. The molecule has 0 saturated heterocycles. The summed E-state index contributed by atoms with van der Waals surface area (Å²) in [5, 5.41) is 4.75. The number of unbranched alkanes of at least 4 members (excludes halogenated alkanes) is 2. The van der Waals surface area contributed by atoms with E-state index in [0.717, 1.165) is 80.7 Å². The highest BCUT2D eigenvalue weighted by atomic mass is 16.5. The summed E-state index contributed by atoms with van der Waals surface area (Å²) in [4.78, 5) is 14.9. The fourth-order valence-corrected chi connectivity index (χ4v) is 5.86. The molecule has 7 nitrogen and oxygen atoms in total. The maximum absolute atomic E-state index is 5.61. The van der Waals surface area contributed by atoms with Crippen LogP contribution in [-0.2, 0) is 16.0 Å². The molecule has 1 aliphatic rings. The molecule has 1 N–H and O–H groups in total. The van der Waals surface area contributed by atoms with Crippen LogP contribution in [0.2, 0.25) is 0 Å². The lowest BCUT2D eigenvalue weighted by atomic mass is 9.71. The lowest BCUT2D eigenvalue weighted by molar-refractivity contribution is 0.0511. The van der Waals surface area contributed by atoms with Crippen molar-refractivity contribution in [1.29, 1.82) is 0 Å². The Morgan fingerprint density at radius 2 is 1.60 bits per heavy atom. The third kappa shape index (κ3) is 11.2. The van der Waals surface area contributed by atoms with Gasteiger partial charge in [0.2, 0.25) is 0 Å². The Kier molecular flexibility index (Phi) is 14.1. The van der Waals surface area contributed by atoms with Crippen LogP contribution in [0.25, 0.3) is 10.9 Å². The molecule has 0 atom stereocenters. The summed E-state index contributed by atoms with van der Waals surface area (Å²) in [5.41, 5.74) is 1.44. The van der Waals surface area contributed by atoms with Gasteiger partial charge in [0.1, 0.15) is 11.6 Å². The van der Waals surface area contributed by atoms with Gasteiger partial charge in [-0.2, -0.15) is 0 Å². The van der Waals surface area contributed by atoms with Gasteiger partial charge >= 0.3 is 0 Å². The highest BCUT2D eigenvalue weighted by Gasteiger charge is 2.31. The van der Waals surface area contributed by atoms with Crippen molar-refractivity contribution in [2.75, 3.05) is 65.5 Å². The molecule has 1 fully saturated rings. The van der Waals surface area contributed by atoms with E-state index in [4.69, 9.17) is 19.4 Å². The number of rotatable bonds is 18. The second kappa shape index (κ2) is 17.2. The van der Waals surface area contributed by atoms with E-state index in [2.05, 4.69) is 74.2 Å². The summed E-state index contributed by atoms with van der Waals surface area (Å²) in [6, 6.07) is 9.01. The third-order valence-corrected chi connectivity index (χ3v) is 8.50. The molecule has 0 unspecified atom stereocenters. The Bertz CT molecular complexity index is 971. The summed E-state index contributed by atoms with van der Waals surface area (Å²) >= 11 is 0. The first-order valence-electron chi connectivity index (χ1n) is 15.8. The maximum atomic E-state index is 5.61. The van der Waals surface area contributed by atoms with Crippen molar-refractivity contribution in [1.82, 2.24) is 19.8 Å². The summed E-state index contributed by atoms with van der Waals surface area (Å²) in [7, 11) is 4.47. The van der Waals surface area contributed by atoms with E-state index >= 15 is 0 Å². The van der Waals surface area contributed by atoms with E-state index in [1.165, 1.54) is 38.5 Å². The van der Waals surface area contributed by atoms with E-state index in [1.54, 1.807) is 0 Å². The van der Waals surface area contributed by atoms with Gasteiger partial charge in [-0.1, -0.05) is 32.9 Å². The summed E-state index contributed by atoms with van der Waals surface area (Å²) < 4.78 is 10.9. The molecule has 2 aromatic rings. The standard InChI is InChI=1S/C33H57N5O2/c1-7-39-24-25-40-23-12-8-11-21-37(5)22-13-20-34-32-29-14-9-10-15-30(29)35-31(36-32)26-38(6)28-18-16-27(17-19-28)33(2,3)4/h9-10,14-15,27-28H,7-8,11-13,16-26H2,1-6H3,(H,34,35,36). The Labute approximate surface area is 244 Å². The van der Waals surface area contributed by atoms with Gasteiger partial charge in [-0.25, -0.2) is 9.97 Å². The van der Waals surface area contributed by atoms with Crippen LogP contribution in [0.4, 0.5) is 5.82 Å². The Morgan fingerprint density at radius 1 is 0.875 bits per heavy atom. The van der Waals surface area contributed by atoms with Crippen molar-refractivity contribution >= 4 is 16.7 Å². The van der Waals surface area contributed by atoms with E-state index in [0.29, 0.717) is 24.7 Å². The lowest BCUT2D eigenvalue weighted by Gasteiger charge is -2.39. The first-order valence-corrected chi connectivity index (χ1v) is 15.8. The van der Waals surface area contributed by atoms with Crippen molar-refractivity contribution in [3.63, 3.8) is 0 Å². The van der Waals surface area contributed by atoms with E-state index in [1.807, 2.05) is 6.92 Å². The van der Waals surface area contributed by atoms with Gasteiger partial charge in [0.05, 0.1) is 25.3 Å². The number of nitrogens with zero attached hydrogens (tertiary/aromatic N) is 4. The molecule has 0 radical (unpaired) electrons. The number of para-hydroxylation sites is 1. The molecule has 0 amide bonds. The van der Waals surface area contributed by atoms with Crippen LogP contribution >= 0.6 is 0 Å². The molecule has 7 heteroatoms. The van der Waals surface area contributed by atoms with E-state index in [9.17, 15) is 0 Å². The van der Waals surface area contributed by atoms with Gasteiger partial charge in [-0.15, -0.1) is 0 Å². The quantitative estimate of drug-likeness (QED) is 0.207. The molecule has 1 saturated carbocycles. The number of hydrogen-bond donors (Lipinski definition) is 1. The molecule has 226 valence electrons. The average molecular weight is 556 g/mol. The molecule has 1 heterocycles. The summed E-state index contributed by atoms with van der Waals surface area (Å²) in [6.07, 6.45) is 9.81. The smallest absolute Gasteiger partial charge is 0.145 e. The Morgan fingerprint density at radius 3 is 2.35 bits per heavy atom. The minimum atomic E-state index is 0.416. The fraction of sp³-hybridized carbons (Fsp3) is 0.758. The van der Waals surface area contributed by atoms with Crippen LogP contribution in [0, 0.1) is 11.3 Å². The molecule has 0 bridgehead atoms. The zero-order chi connectivity index (χ0) is 28.8. The monoisotopic (exact) mass is 555 g/mol. The number of anilines is 1. The van der Waals surface area contributed by atoms with Crippen LogP contribution in [0.5, 0.6) is 0 Å². The van der Waals surface area contributed by atoms with Crippen LogP contribution < -0.4 is 5.32 Å². The van der Waals surface area contributed by atoms with E-state index in [-0.39, 0.29) is 0 Å². The molecule has 0 spiro atoms. The fourth-order valence-electron chi connectivity index (χ4n) is 5.86. The SMILES string of the molecule is CCOCCOCCCCCN(C)CCCNc1nc(CN(C)C2CCC(C(C)(C)C)CC2)nc2ccccc12. The molecule has 1 aromatic carbocycles. The highest BCUT2D eigenvalue weighted by molar-refractivity contribution is 5.88. The predicted molar refractivity (Wildman–Crippen MR) is 168 cm³/mol. The Balaban J connectivity index is 1.41. The van der Waals surface area contributed by atoms with Crippen LogP contribution in [0.1, 0.15) is 84.9 Å². The number of aromatic nitrogens is 2. The third-order valence-electron chi connectivity index (χ3n) is 8.50. The molecule has 1 aromatic heterocycles. The topological polar surface area (TPSA) is 62.8 Å². The van der Waals surface area contributed by atoms with Crippen molar-refractivity contribution in [2.24, 2.45) is 11.3 Å². The number of benzene rings is 1. The largest absolute Gasteiger partial charge is 0.379 e. The minimum Gasteiger partial charge on any atom is -0.379 e. The molecule has 1 aliphatic carbocycles. The van der Waals surface area contributed by atoms with Gasteiger partial charge in [0, 0.05) is 31.2 Å². The van der Waals surface area contributed by atoms with Gasteiger partial charge in [-0.05, 0) is 109 Å². The Hall–Kier alpha value is -1.80. The molecule has 3 rings (SSSR count). The normalized spacial score (nSPS) is 18.2. The number of nitrogens with one attached hydrogen (secondary N) is 1. The van der Waals surface area contributed by atoms with Crippen LogP contribution in [-0.4, -0.2) is 86.0 Å². The zero-order valence-corrected chi connectivity index (χ0v) is 26.4. The predicted octanol–water partition coefficient (Wildman–Crippen LogP) is 6.62. The van der Waals surface area contributed by atoms with Gasteiger partial charge in [-0.3, -0.25) is 4.90 Å². The minimum absolute atomic E-state index is 0.416. The molecule has 40 heavy (non-hydrogen) atoms. The zero-order valence-electron chi connectivity index (χ0n) is 26.4.